The monoisotopic (exact) mass is 311 g/mol. The van der Waals surface area contributed by atoms with E-state index in [4.69, 9.17) is 4.74 Å². The van der Waals surface area contributed by atoms with Gasteiger partial charge >= 0.3 is 0 Å². The molecule has 0 aliphatic heterocycles. The van der Waals surface area contributed by atoms with Gasteiger partial charge in [-0.05, 0) is 47.1 Å². The molecule has 3 nitrogen and oxygen atoms in total. The zero-order chi connectivity index (χ0) is 13.1. The zero-order valence-electron chi connectivity index (χ0n) is 9.60. The van der Waals surface area contributed by atoms with Crippen molar-refractivity contribution in [2.75, 3.05) is 0 Å². The number of pyridine rings is 1. The van der Waals surface area contributed by atoms with E-state index >= 15 is 0 Å². The third-order valence-corrected chi connectivity index (χ3v) is 3.01. The van der Waals surface area contributed by atoms with Gasteiger partial charge in [0.1, 0.15) is 11.6 Å². The number of aliphatic hydroxyl groups is 1. The van der Waals surface area contributed by atoms with Gasteiger partial charge in [-0.1, -0.05) is 0 Å². The first kappa shape index (κ1) is 13.0. The van der Waals surface area contributed by atoms with E-state index in [2.05, 4.69) is 20.9 Å². The van der Waals surface area contributed by atoms with Crippen molar-refractivity contribution in [3.8, 4) is 11.6 Å². The predicted octanol–water partition coefficient (Wildman–Crippen LogP) is 3.83. The smallest absolute Gasteiger partial charge is 0.225 e. The van der Waals surface area contributed by atoms with Crippen molar-refractivity contribution < 1.29 is 14.2 Å². The Labute approximate surface area is 112 Å². The van der Waals surface area contributed by atoms with Crippen LogP contribution in [0.2, 0.25) is 0 Å². The molecule has 0 amide bonds. The summed E-state index contributed by atoms with van der Waals surface area (Å²) in [6.07, 6.45) is 0.843. The Morgan fingerprint density at radius 3 is 2.89 bits per heavy atom. The van der Waals surface area contributed by atoms with Crippen LogP contribution >= 0.6 is 15.9 Å². The maximum absolute atomic E-state index is 13.1. The summed E-state index contributed by atoms with van der Waals surface area (Å²) in [6, 6.07) is 7.54. The molecule has 0 saturated carbocycles. The quantitative estimate of drug-likeness (QED) is 0.936. The number of ether oxygens (including phenoxy) is 1. The van der Waals surface area contributed by atoms with Gasteiger partial charge in [-0.3, -0.25) is 0 Å². The molecule has 0 fully saturated rings. The standard InChI is InChI=1S/C13H11BrFNO2/c1-8(17)10-3-2-6-16-13(10)18-12-7-9(15)4-5-11(12)14/h2-8,17H,1H3/t8-/m1/s1. The molecule has 2 rings (SSSR count). The van der Waals surface area contributed by atoms with E-state index in [1.165, 1.54) is 12.1 Å². The number of aromatic nitrogens is 1. The molecule has 2 aromatic rings. The summed E-state index contributed by atoms with van der Waals surface area (Å²) in [6.45, 7) is 1.62. The van der Waals surface area contributed by atoms with Crippen LogP contribution in [0.3, 0.4) is 0 Å². The Kier molecular flexibility index (Phi) is 3.93. The summed E-state index contributed by atoms with van der Waals surface area (Å²) in [7, 11) is 0. The maximum Gasteiger partial charge on any atom is 0.225 e. The largest absolute Gasteiger partial charge is 0.437 e. The Morgan fingerprint density at radius 1 is 1.39 bits per heavy atom. The molecule has 0 spiro atoms. The molecule has 0 aliphatic carbocycles. The summed E-state index contributed by atoms with van der Waals surface area (Å²) in [5.41, 5.74) is 0.550. The molecular weight excluding hydrogens is 301 g/mol. The first-order valence-corrected chi connectivity index (χ1v) is 6.13. The third kappa shape index (κ3) is 2.86. The van der Waals surface area contributed by atoms with Crippen LogP contribution in [0.1, 0.15) is 18.6 Å². The van der Waals surface area contributed by atoms with Crippen LogP contribution in [0.5, 0.6) is 11.6 Å². The lowest BCUT2D eigenvalue weighted by Crippen LogP contribution is -1.98. The molecule has 18 heavy (non-hydrogen) atoms. The Hall–Kier alpha value is -1.46. The highest BCUT2D eigenvalue weighted by molar-refractivity contribution is 9.10. The molecule has 0 bridgehead atoms. The highest BCUT2D eigenvalue weighted by Gasteiger charge is 2.12. The van der Waals surface area contributed by atoms with Crippen LogP contribution in [0.4, 0.5) is 4.39 Å². The van der Waals surface area contributed by atoms with Gasteiger partial charge < -0.3 is 9.84 Å². The van der Waals surface area contributed by atoms with Gasteiger partial charge in [-0.25, -0.2) is 9.37 Å². The molecular formula is C13H11BrFNO2. The van der Waals surface area contributed by atoms with E-state index in [0.29, 0.717) is 15.8 Å². The van der Waals surface area contributed by atoms with Crippen molar-refractivity contribution in [1.29, 1.82) is 0 Å². The molecule has 1 aromatic heterocycles. The van der Waals surface area contributed by atoms with Gasteiger partial charge in [-0.15, -0.1) is 0 Å². The summed E-state index contributed by atoms with van der Waals surface area (Å²) in [5, 5.41) is 9.60. The number of aliphatic hydroxyl groups excluding tert-OH is 1. The lowest BCUT2D eigenvalue weighted by atomic mass is 10.2. The number of hydrogen-bond donors (Lipinski definition) is 1. The highest BCUT2D eigenvalue weighted by atomic mass is 79.9. The molecule has 5 heteroatoms. The lowest BCUT2D eigenvalue weighted by Gasteiger charge is -2.12. The molecule has 1 atom stereocenters. The Bertz CT molecular complexity index is 560. The van der Waals surface area contributed by atoms with E-state index < -0.39 is 11.9 Å². The number of benzene rings is 1. The lowest BCUT2D eigenvalue weighted by molar-refractivity contribution is 0.194. The van der Waals surface area contributed by atoms with E-state index in [9.17, 15) is 9.50 Å². The summed E-state index contributed by atoms with van der Waals surface area (Å²) in [5.74, 6) is 0.178. The van der Waals surface area contributed by atoms with Crippen LogP contribution < -0.4 is 4.74 Å². The van der Waals surface area contributed by atoms with Crippen LogP contribution in [0, 0.1) is 5.82 Å². The van der Waals surface area contributed by atoms with Gasteiger partial charge in [0.15, 0.2) is 0 Å². The summed E-state index contributed by atoms with van der Waals surface area (Å²) in [4.78, 5) is 4.04. The van der Waals surface area contributed by atoms with Crippen LogP contribution in [0.15, 0.2) is 41.0 Å². The average Bonchev–Trinajstić information content (AvgIpc) is 2.34. The first-order valence-electron chi connectivity index (χ1n) is 5.34. The van der Waals surface area contributed by atoms with Crippen LogP contribution in [0.25, 0.3) is 0 Å². The second kappa shape index (κ2) is 5.46. The highest BCUT2D eigenvalue weighted by Crippen LogP contribution is 2.32. The summed E-state index contributed by atoms with van der Waals surface area (Å²) >= 11 is 3.27. The predicted molar refractivity (Wildman–Crippen MR) is 69.0 cm³/mol. The fourth-order valence-corrected chi connectivity index (χ4v) is 1.79. The van der Waals surface area contributed by atoms with Crippen molar-refractivity contribution in [3.05, 3.63) is 52.4 Å². The zero-order valence-corrected chi connectivity index (χ0v) is 11.2. The SMILES string of the molecule is C[C@@H](O)c1cccnc1Oc1cc(F)ccc1Br. The minimum atomic E-state index is -0.707. The van der Waals surface area contributed by atoms with Crippen molar-refractivity contribution in [3.63, 3.8) is 0 Å². The number of nitrogens with zero attached hydrogens (tertiary/aromatic N) is 1. The fraction of sp³-hybridized carbons (Fsp3) is 0.154. The topological polar surface area (TPSA) is 42.4 Å². The van der Waals surface area contributed by atoms with Gasteiger partial charge in [-0.2, -0.15) is 0 Å². The minimum absolute atomic E-state index is 0.263. The molecule has 1 heterocycles. The second-order valence-corrected chi connectivity index (χ2v) is 4.60. The molecule has 0 saturated heterocycles. The van der Waals surface area contributed by atoms with Gasteiger partial charge in [0, 0.05) is 17.8 Å². The number of halogens is 2. The van der Waals surface area contributed by atoms with Crippen LogP contribution in [-0.2, 0) is 0 Å². The van der Waals surface area contributed by atoms with Gasteiger partial charge in [0.2, 0.25) is 5.88 Å². The molecule has 1 N–H and O–H groups in total. The normalized spacial score (nSPS) is 12.2. The van der Waals surface area contributed by atoms with E-state index in [1.807, 2.05) is 0 Å². The molecule has 1 aromatic carbocycles. The number of rotatable bonds is 3. The summed E-state index contributed by atoms with van der Waals surface area (Å²) < 4.78 is 19.3. The molecule has 0 radical (unpaired) electrons. The van der Waals surface area contributed by atoms with Gasteiger partial charge in [0.25, 0.3) is 0 Å². The second-order valence-electron chi connectivity index (χ2n) is 3.75. The number of hydrogen-bond acceptors (Lipinski definition) is 3. The van der Waals surface area contributed by atoms with Crippen LogP contribution in [-0.4, -0.2) is 10.1 Å². The van der Waals surface area contributed by atoms with Crippen molar-refractivity contribution >= 4 is 15.9 Å². The molecule has 0 aliphatic rings. The van der Waals surface area contributed by atoms with Crippen molar-refractivity contribution in [1.82, 2.24) is 4.98 Å². The first-order chi connectivity index (χ1) is 8.58. The molecule has 0 unspecified atom stereocenters. The van der Waals surface area contributed by atoms with Crippen molar-refractivity contribution in [2.45, 2.75) is 13.0 Å². The van der Waals surface area contributed by atoms with E-state index in [0.717, 1.165) is 0 Å². The Balaban J connectivity index is 2.37. The Morgan fingerprint density at radius 2 is 2.17 bits per heavy atom. The van der Waals surface area contributed by atoms with E-state index in [-0.39, 0.29) is 5.88 Å². The molecule has 94 valence electrons. The third-order valence-electron chi connectivity index (χ3n) is 2.35. The van der Waals surface area contributed by atoms with Crippen molar-refractivity contribution in [2.24, 2.45) is 0 Å². The van der Waals surface area contributed by atoms with Gasteiger partial charge in [0.05, 0.1) is 10.6 Å². The average molecular weight is 312 g/mol. The van der Waals surface area contributed by atoms with E-state index in [1.54, 1.807) is 31.3 Å². The maximum atomic E-state index is 13.1. The fourth-order valence-electron chi connectivity index (χ4n) is 1.47. The minimum Gasteiger partial charge on any atom is -0.437 e.